The number of aryl methyl sites for hydroxylation is 1. The highest BCUT2D eigenvalue weighted by Crippen LogP contribution is 2.32. The van der Waals surface area contributed by atoms with E-state index in [0.29, 0.717) is 23.0 Å². The molecule has 9 heteroatoms. The Morgan fingerprint density at radius 2 is 1.53 bits per heavy atom. The van der Waals surface area contributed by atoms with Crippen LogP contribution in [0.5, 0.6) is 11.5 Å². The summed E-state index contributed by atoms with van der Waals surface area (Å²) >= 11 is 0. The molecule has 45 heavy (non-hydrogen) atoms. The van der Waals surface area contributed by atoms with Gasteiger partial charge < -0.3 is 25.8 Å². The van der Waals surface area contributed by atoms with E-state index in [0.717, 1.165) is 55.8 Å². The van der Waals surface area contributed by atoms with Crippen molar-refractivity contribution in [3.63, 3.8) is 0 Å². The topological polar surface area (TPSA) is 117 Å². The van der Waals surface area contributed by atoms with E-state index in [1.807, 2.05) is 69.3 Å². The van der Waals surface area contributed by atoms with E-state index in [1.54, 1.807) is 18.2 Å². The fraction of sp³-hybridized carbons (Fsp3) is 0.194. The predicted molar refractivity (Wildman–Crippen MR) is 181 cm³/mol. The van der Waals surface area contributed by atoms with Gasteiger partial charge >= 0.3 is 0 Å². The third-order valence-corrected chi connectivity index (χ3v) is 7.35. The molecule has 0 saturated heterocycles. The molecule has 0 radical (unpaired) electrons. The van der Waals surface area contributed by atoms with E-state index in [9.17, 15) is 0 Å². The van der Waals surface area contributed by atoms with Crippen LogP contribution in [0, 0.1) is 12.7 Å². The van der Waals surface area contributed by atoms with Crippen LogP contribution in [0.15, 0.2) is 84.4 Å². The van der Waals surface area contributed by atoms with Gasteiger partial charge in [0.15, 0.2) is 11.6 Å². The number of rotatable bonds is 9. The van der Waals surface area contributed by atoms with E-state index in [2.05, 4.69) is 45.7 Å². The molecule has 228 valence electrons. The van der Waals surface area contributed by atoms with Crippen molar-refractivity contribution in [2.45, 2.75) is 46.7 Å². The highest BCUT2D eigenvalue weighted by atomic mass is 19.1. The fourth-order valence-electron chi connectivity index (χ4n) is 5.24. The third-order valence-electron chi connectivity index (χ3n) is 7.35. The molecule has 0 atom stereocenters. The second kappa shape index (κ2) is 11.9. The van der Waals surface area contributed by atoms with Crippen molar-refractivity contribution in [2.75, 3.05) is 0 Å². The Morgan fingerprint density at radius 3 is 2.20 bits per heavy atom. The van der Waals surface area contributed by atoms with Gasteiger partial charge in [-0.25, -0.2) is 14.4 Å². The van der Waals surface area contributed by atoms with Crippen LogP contribution in [0.2, 0.25) is 0 Å². The summed E-state index contributed by atoms with van der Waals surface area (Å²) in [5.74, 6) is 1.94. The second-order valence-electron chi connectivity index (χ2n) is 11.7. The molecule has 0 amide bonds. The number of nitrogens with zero attached hydrogens (tertiary/aromatic N) is 3. The van der Waals surface area contributed by atoms with E-state index in [-0.39, 0.29) is 17.8 Å². The van der Waals surface area contributed by atoms with Gasteiger partial charge in [-0.3, -0.25) is 4.99 Å². The maximum atomic E-state index is 15.3. The number of nitrogens with one attached hydrogen (secondary N) is 3. The average molecular weight is 602 g/mol. The predicted octanol–water partition coefficient (Wildman–Crippen LogP) is 8.10. The maximum Gasteiger partial charge on any atom is 0.166 e. The minimum absolute atomic E-state index is 0.108. The Hall–Kier alpha value is -5.44. The molecule has 0 spiro atoms. The zero-order chi connectivity index (χ0) is 31.8. The number of aromatic amines is 2. The van der Waals surface area contributed by atoms with Crippen LogP contribution in [0.25, 0.3) is 50.5 Å². The van der Waals surface area contributed by atoms with Gasteiger partial charge in [-0.15, -0.1) is 0 Å². The molecule has 0 aliphatic heterocycles. The Balaban J connectivity index is 1.20. The standard InChI is InChI=1S/C36H36FN7O/c1-19(2)39-22(6)23-7-12-29-31(17-23)43-35(41-29)25-9-14-33(28(37)16-25)45-26-10-11-27(21(5)15-26)36-42-30-13-8-24(18-32(30)44-36)34(38)40-20(3)4/h7-20,39H,6H2,1-5H3,(H2,38,40)(H,41,43)(H,42,44). The van der Waals surface area contributed by atoms with Crippen LogP contribution in [-0.2, 0) is 0 Å². The van der Waals surface area contributed by atoms with Crippen LogP contribution in [0.4, 0.5) is 4.39 Å². The molecule has 0 aliphatic carbocycles. The number of fused-ring (bicyclic) bond motifs is 2. The molecule has 0 fully saturated rings. The first-order valence-electron chi connectivity index (χ1n) is 14.9. The van der Waals surface area contributed by atoms with E-state index in [1.165, 1.54) is 6.07 Å². The number of H-pyrrole nitrogens is 2. The quantitative estimate of drug-likeness (QED) is 0.0987. The Labute approximate surface area is 261 Å². The summed E-state index contributed by atoms with van der Waals surface area (Å²) in [5, 5.41) is 3.32. The summed E-state index contributed by atoms with van der Waals surface area (Å²) in [5.41, 5.74) is 14.6. The van der Waals surface area contributed by atoms with Gasteiger partial charge in [0.05, 0.1) is 22.1 Å². The van der Waals surface area contributed by atoms with Crippen molar-refractivity contribution in [2.24, 2.45) is 10.7 Å². The molecule has 2 heterocycles. The Kier molecular flexibility index (Phi) is 7.85. The summed E-state index contributed by atoms with van der Waals surface area (Å²) in [6, 6.07) is 22.5. The number of imidazole rings is 2. The van der Waals surface area contributed by atoms with E-state index in [4.69, 9.17) is 15.5 Å². The van der Waals surface area contributed by atoms with Gasteiger partial charge in [-0.1, -0.05) is 12.6 Å². The average Bonchev–Trinajstić information content (AvgIpc) is 3.61. The van der Waals surface area contributed by atoms with Crippen molar-refractivity contribution in [1.82, 2.24) is 25.3 Å². The highest BCUT2D eigenvalue weighted by molar-refractivity contribution is 6.00. The van der Waals surface area contributed by atoms with Crippen molar-refractivity contribution in [3.05, 3.63) is 102 Å². The monoisotopic (exact) mass is 601 g/mol. The Morgan fingerprint density at radius 1 is 0.867 bits per heavy atom. The molecule has 5 N–H and O–H groups in total. The van der Waals surface area contributed by atoms with Crippen molar-refractivity contribution in [1.29, 1.82) is 0 Å². The highest BCUT2D eigenvalue weighted by Gasteiger charge is 2.14. The number of nitrogens with two attached hydrogens (primary N) is 1. The first-order chi connectivity index (χ1) is 21.5. The largest absolute Gasteiger partial charge is 0.454 e. The van der Waals surface area contributed by atoms with Gasteiger partial charge in [0, 0.05) is 34.5 Å². The number of ether oxygens (including phenoxy) is 1. The van der Waals surface area contributed by atoms with Crippen molar-refractivity contribution < 1.29 is 9.13 Å². The van der Waals surface area contributed by atoms with Gasteiger partial charge in [0.1, 0.15) is 23.2 Å². The normalized spacial score (nSPS) is 12.0. The lowest BCUT2D eigenvalue weighted by Gasteiger charge is -2.12. The third kappa shape index (κ3) is 6.28. The van der Waals surface area contributed by atoms with E-state index < -0.39 is 5.82 Å². The number of halogens is 1. The minimum Gasteiger partial charge on any atom is -0.454 e. The number of aromatic nitrogens is 4. The molecule has 6 rings (SSSR count). The molecule has 8 nitrogen and oxygen atoms in total. The van der Waals surface area contributed by atoms with Gasteiger partial charge in [-0.05, 0) is 112 Å². The Bertz CT molecular complexity index is 2090. The SMILES string of the molecule is C=C(NC(C)C)c1ccc2nc(-c3ccc(Oc4ccc(-c5nc6ccc(C(N)=NC(C)C)cc6[nH]5)c(C)c4)c(F)c3)[nH]c2c1. The molecule has 0 saturated carbocycles. The van der Waals surface area contributed by atoms with Crippen LogP contribution >= 0.6 is 0 Å². The summed E-state index contributed by atoms with van der Waals surface area (Å²) in [7, 11) is 0. The number of amidine groups is 1. The zero-order valence-electron chi connectivity index (χ0n) is 26.0. The number of hydrogen-bond acceptors (Lipinski definition) is 5. The summed E-state index contributed by atoms with van der Waals surface area (Å²) in [6.45, 7) is 14.2. The first kappa shape index (κ1) is 29.6. The van der Waals surface area contributed by atoms with Crippen molar-refractivity contribution >= 4 is 33.6 Å². The number of benzene rings is 4. The molecule has 2 aromatic heterocycles. The van der Waals surface area contributed by atoms with Gasteiger partial charge in [0.2, 0.25) is 0 Å². The molecular weight excluding hydrogens is 565 g/mol. The molecular formula is C36H36FN7O. The maximum absolute atomic E-state index is 15.3. The molecule has 0 bridgehead atoms. The lowest BCUT2D eigenvalue weighted by molar-refractivity contribution is 0.442. The van der Waals surface area contributed by atoms with Crippen LogP contribution < -0.4 is 15.8 Å². The smallest absolute Gasteiger partial charge is 0.166 e. The number of aliphatic imine (C=N–C) groups is 1. The molecule has 4 aromatic carbocycles. The minimum atomic E-state index is -0.488. The lowest BCUT2D eigenvalue weighted by Crippen LogP contribution is -2.20. The number of hydrogen-bond donors (Lipinski definition) is 4. The zero-order valence-corrected chi connectivity index (χ0v) is 26.0. The van der Waals surface area contributed by atoms with Crippen LogP contribution in [-0.4, -0.2) is 37.9 Å². The molecule has 6 aromatic rings. The summed E-state index contributed by atoms with van der Waals surface area (Å²) in [4.78, 5) is 20.5. The van der Waals surface area contributed by atoms with Crippen molar-refractivity contribution in [3.8, 4) is 34.3 Å². The first-order valence-corrected chi connectivity index (χ1v) is 14.9. The summed E-state index contributed by atoms with van der Waals surface area (Å²) in [6.07, 6.45) is 0. The molecule has 0 unspecified atom stereocenters. The van der Waals surface area contributed by atoms with E-state index >= 15 is 4.39 Å². The molecule has 0 aliphatic rings. The summed E-state index contributed by atoms with van der Waals surface area (Å²) < 4.78 is 21.2. The lowest BCUT2D eigenvalue weighted by atomic mass is 10.1. The van der Waals surface area contributed by atoms with Gasteiger partial charge in [0.25, 0.3) is 0 Å². The fourth-order valence-corrected chi connectivity index (χ4v) is 5.24. The van der Waals surface area contributed by atoms with Crippen LogP contribution in [0.1, 0.15) is 44.4 Å². The van der Waals surface area contributed by atoms with Crippen LogP contribution in [0.3, 0.4) is 0 Å². The van der Waals surface area contributed by atoms with Gasteiger partial charge in [-0.2, -0.15) is 0 Å². The second-order valence-corrected chi connectivity index (χ2v) is 11.7.